The molecule has 0 radical (unpaired) electrons. The summed E-state index contributed by atoms with van der Waals surface area (Å²) in [5, 5.41) is 0.952. The highest BCUT2D eigenvalue weighted by atomic mass is 35.5. The van der Waals surface area contributed by atoms with E-state index >= 15 is 0 Å². The molecule has 16 heavy (non-hydrogen) atoms. The van der Waals surface area contributed by atoms with Crippen molar-refractivity contribution in [3.05, 3.63) is 34.9 Å². The van der Waals surface area contributed by atoms with Crippen molar-refractivity contribution in [1.29, 1.82) is 0 Å². The number of thioether (sulfide) groups is 1. The van der Waals surface area contributed by atoms with E-state index in [2.05, 4.69) is 0 Å². The number of hydrogen-bond acceptors (Lipinski definition) is 2. The van der Waals surface area contributed by atoms with Crippen molar-refractivity contribution in [3.8, 4) is 0 Å². The van der Waals surface area contributed by atoms with Crippen molar-refractivity contribution in [3.63, 3.8) is 0 Å². The molecule has 1 saturated heterocycles. The van der Waals surface area contributed by atoms with Gasteiger partial charge < -0.3 is 4.90 Å². The molecule has 84 valence electrons. The molecule has 2 nitrogen and oxygen atoms in total. The smallest absolute Gasteiger partial charge is 0.234 e. The Morgan fingerprint density at radius 1 is 1.25 bits per heavy atom. The molecule has 1 amide bonds. The van der Waals surface area contributed by atoms with Gasteiger partial charge in [-0.2, -0.15) is 0 Å². The van der Waals surface area contributed by atoms with Gasteiger partial charge in [0.05, 0.1) is 5.75 Å². The van der Waals surface area contributed by atoms with E-state index in [0.717, 1.165) is 17.9 Å². The van der Waals surface area contributed by atoms with Crippen LogP contribution in [0.25, 0.3) is 0 Å². The zero-order valence-corrected chi connectivity index (χ0v) is 10.3. The van der Waals surface area contributed by atoms with E-state index < -0.39 is 0 Å². The van der Waals surface area contributed by atoms with Crippen LogP contribution in [0.3, 0.4) is 0 Å². The van der Waals surface area contributed by atoms with Crippen molar-refractivity contribution in [2.75, 3.05) is 5.75 Å². The number of amides is 1. The second-order valence-electron chi connectivity index (χ2n) is 4.25. The molecule has 1 aliphatic carbocycles. The Kier molecular flexibility index (Phi) is 2.60. The first-order valence-electron chi connectivity index (χ1n) is 5.44. The van der Waals surface area contributed by atoms with E-state index in [1.165, 1.54) is 5.56 Å². The average Bonchev–Trinajstić information content (AvgIpc) is 3.04. The van der Waals surface area contributed by atoms with Crippen molar-refractivity contribution >= 4 is 29.3 Å². The number of carbonyl (C=O) groups excluding carboxylic acids is 1. The largest absolute Gasteiger partial charge is 0.323 e. The molecule has 1 aromatic rings. The van der Waals surface area contributed by atoms with Gasteiger partial charge in [0.1, 0.15) is 5.37 Å². The van der Waals surface area contributed by atoms with Gasteiger partial charge in [0.25, 0.3) is 0 Å². The van der Waals surface area contributed by atoms with Gasteiger partial charge >= 0.3 is 0 Å². The molecule has 0 spiro atoms. The summed E-state index contributed by atoms with van der Waals surface area (Å²) < 4.78 is 0. The Morgan fingerprint density at radius 3 is 2.56 bits per heavy atom. The van der Waals surface area contributed by atoms with E-state index in [1.807, 2.05) is 29.2 Å². The van der Waals surface area contributed by atoms with E-state index in [9.17, 15) is 4.79 Å². The van der Waals surface area contributed by atoms with Gasteiger partial charge in [0, 0.05) is 11.1 Å². The number of rotatable bonds is 2. The number of halogens is 1. The van der Waals surface area contributed by atoms with Crippen LogP contribution in [0.5, 0.6) is 0 Å². The maximum absolute atomic E-state index is 11.8. The van der Waals surface area contributed by atoms with Crippen LogP contribution in [0.15, 0.2) is 24.3 Å². The van der Waals surface area contributed by atoms with E-state index in [4.69, 9.17) is 11.6 Å². The highest BCUT2D eigenvalue weighted by Gasteiger charge is 2.42. The maximum Gasteiger partial charge on any atom is 0.234 e. The van der Waals surface area contributed by atoms with Crippen LogP contribution in [0.1, 0.15) is 23.8 Å². The molecular weight excluding hydrogens is 242 g/mol. The Balaban J connectivity index is 1.88. The summed E-state index contributed by atoms with van der Waals surface area (Å²) in [5.41, 5.74) is 1.19. The lowest BCUT2D eigenvalue weighted by atomic mass is 10.2. The van der Waals surface area contributed by atoms with Gasteiger partial charge in [-0.15, -0.1) is 11.8 Å². The fourth-order valence-corrected chi connectivity index (χ4v) is 3.44. The number of nitrogens with zero attached hydrogens (tertiary/aromatic N) is 1. The van der Waals surface area contributed by atoms with Crippen molar-refractivity contribution in [2.45, 2.75) is 24.3 Å². The first-order chi connectivity index (χ1) is 7.75. The maximum atomic E-state index is 11.8. The van der Waals surface area contributed by atoms with E-state index in [0.29, 0.717) is 11.8 Å². The fraction of sp³-hybridized carbons (Fsp3) is 0.417. The molecule has 2 fully saturated rings. The SMILES string of the molecule is O=C1CS[C@H](c2ccc(Cl)cc2)N1C1CC1. The van der Waals surface area contributed by atoms with Crippen LogP contribution in [0, 0.1) is 0 Å². The van der Waals surface area contributed by atoms with Gasteiger partial charge in [-0.05, 0) is 30.5 Å². The Morgan fingerprint density at radius 2 is 1.94 bits per heavy atom. The molecule has 0 N–H and O–H groups in total. The monoisotopic (exact) mass is 253 g/mol. The first kappa shape index (κ1) is 10.5. The lowest BCUT2D eigenvalue weighted by Crippen LogP contribution is -2.30. The molecule has 2 aliphatic rings. The Hall–Kier alpha value is -0.670. The predicted molar refractivity (Wildman–Crippen MR) is 66.5 cm³/mol. The third-order valence-electron chi connectivity index (χ3n) is 3.00. The zero-order valence-electron chi connectivity index (χ0n) is 8.73. The Labute approximate surface area is 104 Å². The summed E-state index contributed by atoms with van der Waals surface area (Å²) >= 11 is 7.59. The molecule has 1 aromatic carbocycles. The minimum atomic E-state index is 0.206. The molecule has 1 heterocycles. The van der Waals surface area contributed by atoms with Gasteiger partial charge in [-0.25, -0.2) is 0 Å². The highest BCUT2D eigenvalue weighted by Crippen LogP contribution is 2.45. The third-order valence-corrected chi connectivity index (χ3v) is 4.48. The van der Waals surface area contributed by atoms with Crippen LogP contribution >= 0.6 is 23.4 Å². The number of hydrogen-bond donors (Lipinski definition) is 0. The minimum Gasteiger partial charge on any atom is -0.323 e. The minimum absolute atomic E-state index is 0.206. The molecule has 1 aliphatic heterocycles. The lowest BCUT2D eigenvalue weighted by Gasteiger charge is -2.23. The predicted octanol–water partition coefficient (Wildman–Crippen LogP) is 3.08. The van der Waals surface area contributed by atoms with Crippen LogP contribution in [0.2, 0.25) is 5.02 Å². The molecule has 1 atom stereocenters. The van der Waals surface area contributed by atoms with Crippen LogP contribution in [-0.2, 0) is 4.79 Å². The van der Waals surface area contributed by atoms with Crippen molar-refractivity contribution < 1.29 is 4.79 Å². The summed E-state index contributed by atoms with van der Waals surface area (Å²) in [6.07, 6.45) is 2.33. The lowest BCUT2D eigenvalue weighted by molar-refractivity contribution is -0.128. The van der Waals surface area contributed by atoms with Gasteiger partial charge in [-0.1, -0.05) is 23.7 Å². The molecule has 0 unspecified atom stereocenters. The topological polar surface area (TPSA) is 20.3 Å². The quantitative estimate of drug-likeness (QED) is 0.807. The third kappa shape index (κ3) is 1.82. The summed E-state index contributed by atoms with van der Waals surface area (Å²) in [6, 6.07) is 8.32. The average molecular weight is 254 g/mol. The van der Waals surface area contributed by atoms with Crippen molar-refractivity contribution in [1.82, 2.24) is 4.90 Å². The molecular formula is C12H12ClNOS. The van der Waals surface area contributed by atoms with E-state index in [-0.39, 0.29) is 11.3 Å². The Bertz CT molecular complexity index is 416. The van der Waals surface area contributed by atoms with Crippen LogP contribution in [0.4, 0.5) is 0 Å². The first-order valence-corrected chi connectivity index (χ1v) is 6.86. The van der Waals surface area contributed by atoms with E-state index in [1.54, 1.807) is 11.8 Å². The second kappa shape index (κ2) is 3.97. The van der Waals surface area contributed by atoms with Gasteiger partial charge in [0.2, 0.25) is 5.91 Å². The van der Waals surface area contributed by atoms with Crippen molar-refractivity contribution in [2.24, 2.45) is 0 Å². The molecule has 1 saturated carbocycles. The van der Waals surface area contributed by atoms with Crippen LogP contribution in [-0.4, -0.2) is 22.6 Å². The number of benzene rings is 1. The molecule has 3 rings (SSSR count). The summed E-state index contributed by atoms with van der Waals surface area (Å²) in [5.74, 6) is 0.900. The summed E-state index contributed by atoms with van der Waals surface area (Å²) in [7, 11) is 0. The van der Waals surface area contributed by atoms with Crippen LogP contribution < -0.4 is 0 Å². The van der Waals surface area contributed by atoms with Gasteiger partial charge in [-0.3, -0.25) is 4.79 Å². The van der Waals surface area contributed by atoms with Gasteiger partial charge in [0.15, 0.2) is 0 Å². The summed E-state index contributed by atoms with van der Waals surface area (Å²) in [6.45, 7) is 0. The number of carbonyl (C=O) groups is 1. The molecule has 4 heteroatoms. The summed E-state index contributed by atoms with van der Waals surface area (Å²) in [4.78, 5) is 13.8. The second-order valence-corrected chi connectivity index (χ2v) is 5.75. The standard InChI is InChI=1S/C12H12ClNOS/c13-9-3-1-8(2-4-9)12-14(10-5-6-10)11(15)7-16-12/h1-4,10,12H,5-7H2/t12-/m1/s1. The normalized spacial score (nSPS) is 25.2. The zero-order chi connectivity index (χ0) is 11.1. The highest BCUT2D eigenvalue weighted by molar-refractivity contribution is 8.00. The molecule has 0 aromatic heterocycles. The fourth-order valence-electron chi connectivity index (χ4n) is 2.07. The molecule has 0 bridgehead atoms.